The molecule has 0 unspecified atom stereocenters. The third-order valence-electron chi connectivity index (χ3n) is 5.08. The van der Waals surface area contributed by atoms with Gasteiger partial charge in [-0.3, -0.25) is 9.69 Å². The number of fused-ring (bicyclic) bond motifs is 1. The Morgan fingerprint density at radius 1 is 1.03 bits per heavy atom. The van der Waals surface area contributed by atoms with E-state index in [1.807, 2.05) is 48.5 Å². The Bertz CT molecular complexity index is 1350. The Balaban J connectivity index is 1.73. The van der Waals surface area contributed by atoms with Crippen molar-refractivity contribution in [1.82, 2.24) is 4.98 Å². The van der Waals surface area contributed by atoms with Crippen molar-refractivity contribution in [2.24, 2.45) is 0 Å². The van der Waals surface area contributed by atoms with E-state index < -0.39 is 9.84 Å². The number of methoxy groups -OCH3 is 1. The number of rotatable bonds is 7. The van der Waals surface area contributed by atoms with Gasteiger partial charge in [-0.2, -0.15) is 0 Å². The van der Waals surface area contributed by atoms with E-state index in [1.165, 1.54) is 23.5 Å². The molecule has 4 aromatic rings. The molecule has 164 valence electrons. The zero-order chi connectivity index (χ0) is 22.7. The highest BCUT2D eigenvalue weighted by Gasteiger charge is 2.23. The fourth-order valence-corrected chi connectivity index (χ4v) is 5.13. The second-order valence-electron chi connectivity index (χ2n) is 7.13. The molecule has 0 bridgehead atoms. The van der Waals surface area contributed by atoms with Crippen LogP contribution < -0.4 is 9.64 Å². The lowest BCUT2D eigenvalue weighted by Crippen LogP contribution is -2.30. The molecule has 0 aliphatic heterocycles. The first-order chi connectivity index (χ1) is 15.4. The molecule has 3 aromatic carbocycles. The number of benzene rings is 3. The maximum absolute atomic E-state index is 13.5. The summed E-state index contributed by atoms with van der Waals surface area (Å²) in [5, 5.41) is 0.562. The van der Waals surface area contributed by atoms with Crippen molar-refractivity contribution in [2.75, 3.05) is 17.8 Å². The highest BCUT2D eigenvalue weighted by Crippen LogP contribution is 2.33. The Morgan fingerprint density at radius 3 is 2.41 bits per heavy atom. The van der Waals surface area contributed by atoms with Gasteiger partial charge in [-0.25, -0.2) is 13.4 Å². The quantitative estimate of drug-likeness (QED) is 0.385. The van der Waals surface area contributed by atoms with E-state index in [2.05, 4.69) is 4.98 Å². The number of thiazole rings is 1. The number of anilines is 1. The number of sulfone groups is 1. The predicted molar refractivity (Wildman–Crippen MR) is 127 cm³/mol. The Hall–Kier alpha value is -3.23. The number of amides is 1. The molecule has 0 radical (unpaired) electrons. The van der Waals surface area contributed by atoms with Crippen LogP contribution in [0.1, 0.15) is 22.8 Å². The first-order valence-corrected chi connectivity index (χ1v) is 12.5. The minimum Gasteiger partial charge on any atom is -0.497 e. The standard InChI is InChI=1S/C24H22N2O4S2/c1-3-32(28,29)20-12-9-18(10-13-20)23(27)26(16-17-7-5-4-6-8-17)24-25-21-14-11-19(30-2)15-22(21)31-24/h4-15H,3,16H2,1-2H3. The monoisotopic (exact) mass is 466 g/mol. The summed E-state index contributed by atoms with van der Waals surface area (Å²) in [7, 11) is -1.72. The highest BCUT2D eigenvalue weighted by molar-refractivity contribution is 7.91. The molecule has 0 N–H and O–H groups in total. The molecule has 0 spiro atoms. The van der Waals surface area contributed by atoms with Gasteiger partial charge in [0.05, 0.1) is 34.5 Å². The average molecular weight is 467 g/mol. The highest BCUT2D eigenvalue weighted by atomic mass is 32.2. The van der Waals surface area contributed by atoms with Gasteiger partial charge in [-0.15, -0.1) is 0 Å². The number of hydrogen-bond acceptors (Lipinski definition) is 6. The van der Waals surface area contributed by atoms with E-state index >= 15 is 0 Å². The summed E-state index contributed by atoms with van der Waals surface area (Å²) in [5.41, 5.74) is 2.14. The van der Waals surface area contributed by atoms with Gasteiger partial charge in [-0.05, 0) is 48.0 Å². The van der Waals surface area contributed by atoms with E-state index in [1.54, 1.807) is 31.1 Å². The molecule has 6 nitrogen and oxygen atoms in total. The largest absolute Gasteiger partial charge is 0.497 e. The molecule has 1 aromatic heterocycles. The van der Waals surface area contributed by atoms with Crippen LogP contribution in [0.15, 0.2) is 77.7 Å². The third-order valence-corrected chi connectivity index (χ3v) is 7.88. The smallest absolute Gasteiger partial charge is 0.260 e. The molecule has 0 saturated carbocycles. The van der Waals surface area contributed by atoms with Crippen molar-refractivity contribution in [3.8, 4) is 5.75 Å². The molecule has 0 fully saturated rings. The number of hydrogen-bond donors (Lipinski definition) is 0. The SMILES string of the molecule is CCS(=O)(=O)c1ccc(C(=O)N(Cc2ccccc2)c2nc3ccc(OC)cc3s2)cc1. The zero-order valence-electron chi connectivity index (χ0n) is 17.7. The van der Waals surface area contributed by atoms with Crippen molar-refractivity contribution in [3.63, 3.8) is 0 Å². The van der Waals surface area contributed by atoms with Crippen molar-refractivity contribution < 1.29 is 17.9 Å². The predicted octanol–water partition coefficient (Wildman–Crippen LogP) is 4.95. The van der Waals surface area contributed by atoms with Crippen LogP contribution >= 0.6 is 11.3 Å². The molecule has 32 heavy (non-hydrogen) atoms. The second kappa shape index (κ2) is 9.10. The molecule has 0 saturated heterocycles. The van der Waals surface area contributed by atoms with Gasteiger partial charge < -0.3 is 4.74 Å². The average Bonchev–Trinajstić information content (AvgIpc) is 3.25. The van der Waals surface area contributed by atoms with Crippen LogP contribution in [0.5, 0.6) is 5.75 Å². The summed E-state index contributed by atoms with van der Waals surface area (Å²) in [6, 6.07) is 21.3. The molecule has 1 heterocycles. The van der Waals surface area contributed by atoms with Crippen molar-refractivity contribution in [3.05, 3.63) is 83.9 Å². The van der Waals surface area contributed by atoms with E-state index in [0.717, 1.165) is 21.5 Å². The van der Waals surface area contributed by atoms with Crippen LogP contribution in [0.2, 0.25) is 0 Å². The van der Waals surface area contributed by atoms with Gasteiger partial charge in [-0.1, -0.05) is 48.6 Å². The van der Waals surface area contributed by atoms with Gasteiger partial charge in [0.2, 0.25) is 0 Å². The van der Waals surface area contributed by atoms with E-state index in [4.69, 9.17) is 4.74 Å². The van der Waals surface area contributed by atoms with Gasteiger partial charge in [0, 0.05) is 5.56 Å². The molecule has 8 heteroatoms. The minimum absolute atomic E-state index is 0.00952. The zero-order valence-corrected chi connectivity index (χ0v) is 19.3. The summed E-state index contributed by atoms with van der Waals surface area (Å²) in [5.74, 6) is 0.483. The summed E-state index contributed by atoms with van der Waals surface area (Å²) in [6.45, 7) is 1.93. The van der Waals surface area contributed by atoms with Crippen LogP contribution in [0, 0.1) is 0 Å². The molecule has 0 aliphatic carbocycles. The normalized spacial score (nSPS) is 11.4. The van der Waals surface area contributed by atoms with Gasteiger partial charge in [0.15, 0.2) is 15.0 Å². The van der Waals surface area contributed by atoms with Crippen molar-refractivity contribution in [2.45, 2.75) is 18.4 Å². The molecule has 4 rings (SSSR count). The second-order valence-corrected chi connectivity index (χ2v) is 10.4. The first-order valence-electron chi connectivity index (χ1n) is 10.0. The Labute approximate surface area is 191 Å². The van der Waals surface area contributed by atoms with E-state index in [9.17, 15) is 13.2 Å². The van der Waals surface area contributed by atoms with Crippen LogP contribution in [0.3, 0.4) is 0 Å². The summed E-state index contributed by atoms with van der Waals surface area (Å²) in [6.07, 6.45) is 0. The van der Waals surface area contributed by atoms with Crippen molar-refractivity contribution in [1.29, 1.82) is 0 Å². The van der Waals surface area contributed by atoms with Crippen LogP contribution in [-0.2, 0) is 16.4 Å². The van der Waals surface area contributed by atoms with Gasteiger partial charge in [0.1, 0.15) is 5.75 Å². The Morgan fingerprint density at radius 2 is 1.75 bits per heavy atom. The van der Waals surface area contributed by atoms with E-state index in [-0.39, 0.29) is 16.6 Å². The summed E-state index contributed by atoms with van der Waals surface area (Å²) in [4.78, 5) is 20.0. The van der Waals surface area contributed by atoms with Gasteiger partial charge >= 0.3 is 0 Å². The summed E-state index contributed by atoms with van der Waals surface area (Å²) >= 11 is 1.41. The first kappa shape index (κ1) is 22.0. The molecule has 0 aliphatic rings. The topological polar surface area (TPSA) is 76.6 Å². The molecular formula is C24H22N2O4S2. The van der Waals surface area contributed by atoms with Gasteiger partial charge in [0.25, 0.3) is 5.91 Å². The van der Waals surface area contributed by atoms with Crippen molar-refractivity contribution >= 4 is 42.4 Å². The summed E-state index contributed by atoms with van der Waals surface area (Å²) < 4.78 is 30.4. The third kappa shape index (κ3) is 4.51. The maximum atomic E-state index is 13.5. The van der Waals surface area contributed by atoms with Crippen LogP contribution in [0.4, 0.5) is 5.13 Å². The fraction of sp³-hybridized carbons (Fsp3) is 0.167. The molecular weight excluding hydrogens is 444 g/mol. The van der Waals surface area contributed by atoms with Crippen LogP contribution in [-0.4, -0.2) is 32.2 Å². The minimum atomic E-state index is -3.33. The lowest BCUT2D eigenvalue weighted by molar-refractivity contribution is 0.0985. The molecule has 1 amide bonds. The lowest BCUT2D eigenvalue weighted by atomic mass is 10.1. The van der Waals surface area contributed by atoms with Crippen LogP contribution in [0.25, 0.3) is 10.2 Å². The number of carbonyl (C=O) groups excluding carboxylic acids is 1. The fourth-order valence-electron chi connectivity index (χ4n) is 3.25. The Kier molecular flexibility index (Phi) is 6.25. The molecule has 0 atom stereocenters. The maximum Gasteiger partial charge on any atom is 0.260 e. The number of aromatic nitrogens is 1. The number of ether oxygens (including phenoxy) is 1. The van der Waals surface area contributed by atoms with E-state index in [0.29, 0.717) is 17.2 Å². The number of carbonyl (C=O) groups is 1. The lowest BCUT2D eigenvalue weighted by Gasteiger charge is -2.20. The number of nitrogens with zero attached hydrogens (tertiary/aromatic N) is 2.